The largest absolute Gasteiger partial charge is 0.416 e. The molecule has 0 bridgehead atoms. The van der Waals surface area contributed by atoms with Gasteiger partial charge in [-0.25, -0.2) is 0 Å². The Labute approximate surface area is 122 Å². The number of halogens is 3. The number of amides is 1. The van der Waals surface area contributed by atoms with Crippen LogP contribution in [-0.4, -0.2) is 30.4 Å². The number of nitrogens with zero attached hydrogens (tertiary/aromatic N) is 1. The fourth-order valence-electron chi connectivity index (χ4n) is 2.41. The Morgan fingerprint density at radius 3 is 2.29 bits per heavy atom. The fraction of sp³-hybridized carbons (Fsp3) is 0.533. The van der Waals surface area contributed by atoms with Gasteiger partial charge in [0, 0.05) is 18.7 Å². The highest BCUT2D eigenvalue weighted by molar-refractivity contribution is 5.90. The van der Waals surface area contributed by atoms with Crippen molar-refractivity contribution < 1.29 is 18.0 Å². The Kier molecular flexibility index (Phi) is 5.22. The average molecular weight is 300 g/mol. The molecule has 1 aromatic carbocycles. The van der Waals surface area contributed by atoms with Gasteiger partial charge < -0.3 is 10.2 Å². The van der Waals surface area contributed by atoms with Gasteiger partial charge in [0.1, 0.15) is 0 Å². The number of piperidine rings is 1. The predicted octanol–water partition coefficient (Wildman–Crippen LogP) is 3.52. The van der Waals surface area contributed by atoms with Crippen LogP contribution in [0.2, 0.25) is 0 Å². The number of carbonyl (C=O) groups excluding carboxylic acids is 1. The van der Waals surface area contributed by atoms with Gasteiger partial charge in [0.05, 0.1) is 5.56 Å². The van der Waals surface area contributed by atoms with Gasteiger partial charge in [-0.15, -0.1) is 0 Å². The van der Waals surface area contributed by atoms with Crippen LogP contribution in [0.4, 0.5) is 18.9 Å². The third kappa shape index (κ3) is 5.04. The van der Waals surface area contributed by atoms with E-state index in [1.165, 1.54) is 31.4 Å². The smallest absolute Gasteiger partial charge is 0.326 e. The van der Waals surface area contributed by atoms with E-state index in [1.807, 2.05) is 0 Å². The lowest BCUT2D eigenvalue weighted by molar-refractivity contribution is -0.137. The lowest BCUT2D eigenvalue weighted by Gasteiger charge is -2.25. The standard InChI is InChI=1S/C15H19F3N2O/c16-15(17,18)12-4-6-13(7-5-12)19-14(21)8-11-20-9-2-1-3-10-20/h4-7H,1-3,8-11H2,(H,19,21). The summed E-state index contributed by atoms with van der Waals surface area (Å²) < 4.78 is 37.2. The topological polar surface area (TPSA) is 32.3 Å². The van der Waals surface area contributed by atoms with Gasteiger partial charge in [0.15, 0.2) is 0 Å². The molecule has 0 aliphatic carbocycles. The molecule has 6 heteroatoms. The maximum atomic E-state index is 12.4. The van der Waals surface area contributed by atoms with Gasteiger partial charge in [0.2, 0.25) is 5.91 Å². The molecule has 0 aromatic heterocycles. The second-order valence-corrected chi connectivity index (χ2v) is 5.28. The van der Waals surface area contributed by atoms with Crippen molar-refractivity contribution in [1.82, 2.24) is 4.90 Å². The first-order valence-corrected chi connectivity index (χ1v) is 7.14. The summed E-state index contributed by atoms with van der Waals surface area (Å²) in [5, 5.41) is 2.63. The van der Waals surface area contributed by atoms with Crippen LogP contribution in [0.3, 0.4) is 0 Å². The Hall–Kier alpha value is -1.56. The number of carbonyl (C=O) groups is 1. The first-order valence-electron chi connectivity index (χ1n) is 7.14. The van der Waals surface area contributed by atoms with E-state index in [2.05, 4.69) is 10.2 Å². The summed E-state index contributed by atoms with van der Waals surface area (Å²) in [6.07, 6.45) is -0.410. The number of nitrogens with one attached hydrogen (secondary N) is 1. The van der Waals surface area contributed by atoms with E-state index in [0.717, 1.165) is 25.2 Å². The van der Waals surface area contributed by atoms with E-state index in [9.17, 15) is 18.0 Å². The van der Waals surface area contributed by atoms with Crippen LogP contribution in [-0.2, 0) is 11.0 Å². The van der Waals surface area contributed by atoms with Crippen LogP contribution in [0.5, 0.6) is 0 Å². The minimum atomic E-state index is -4.35. The Balaban J connectivity index is 1.79. The van der Waals surface area contributed by atoms with Crippen molar-refractivity contribution in [2.45, 2.75) is 31.9 Å². The minimum Gasteiger partial charge on any atom is -0.326 e. The Morgan fingerprint density at radius 1 is 1.10 bits per heavy atom. The van der Waals surface area contributed by atoms with E-state index >= 15 is 0 Å². The summed E-state index contributed by atoms with van der Waals surface area (Å²) in [7, 11) is 0. The molecule has 21 heavy (non-hydrogen) atoms. The van der Waals surface area contributed by atoms with E-state index in [4.69, 9.17) is 0 Å². The number of hydrogen-bond donors (Lipinski definition) is 1. The average Bonchev–Trinajstić information content (AvgIpc) is 2.46. The number of rotatable bonds is 4. The highest BCUT2D eigenvalue weighted by Crippen LogP contribution is 2.29. The number of benzene rings is 1. The van der Waals surface area contributed by atoms with Crippen LogP contribution in [0.25, 0.3) is 0 Å². The normalized spacial score (nSPS) is 16.7. The van der Waals surface area contributed by atoms with Crippen molar-refractivity contribution in [3.8, 4) is 0 Å². The van der Waals surface area contributed by atoms with Crippen LogP contribution in [0.15, 0.2) is 24.3 Å². The fourth-order valence-corrected chi connectivity index (χ4v) is 2.41. The van der Waals surface area contributed by atoms with Crippen LogP contribution in [0.1, 0.15) is 31.2 Å². The quantitative estimate of drug-likeness (QED) is 0.922. The van der Waals surface area contributed by atoms with Crippen molar-refractivity contribution in [2.75, 3.05) is 25.0 Å². The summed E-state index contributed by atoms with van der Waals surface area (Å²) in [5.74, 6) is -0.166. The minimum absolute atomic E-state index is 0.166. The zero-order valence-electron chi connectivity index (χ0n) is 11.7. The van der Waals surface area contributed by atoms with Crippen LogP contribution >= 0.6 is 0 Å². The van der Waals surface area contributed by atoms with Crippen LogP contribution in [0, 0.1) is 0 Å². The van der Waals surface area contributed by atoms with E-state index < -0.39 is 11.7 Å². The molecule has 0 atom stereocenters. The third-order valence-electron chi connectivity index (χ3n) is 3.60. The van der Waals surface area contributed by atoms with E-state index in [0.29, 0.717) is 18.7 Å². The molecule has 1 aliphatic heterocycles. The van der Waals surface area contributed by atoms with Crippen LogP contribution < -0.4 is 5.32 Å². The molecular formula is C15H19F3N2O. The van der Waals surface area contributed by atoms with Gasteiger partial charge in [-0.1, -0.05) is 6.42 Å². The number of anilines is 1. The first kappa shape index (κ1) is 15.8. The number of likely N-dealkylation sites (tertiary alicyclic amines) is 1. The van der Waals surface area contributed by atoms with Crippen molar-refractivity contribution in [3.63, 3.8) is 0 Å². The maximum absolute atomic E-state index is 12.4. The summed E-state index contributed by atoms with van der Waals surface area (Å²) in [6, 6.07) is 4.50. The van der Waals surface area contributed by atoms with Crippen molar-refractivity contribution in [3.05, 3.63) is 29.8 Å². The molecule has 1 heterocycles. The molecule has 1 saturated heterocycles. The SMILES string of the molecule is O=C(CCN1CCCCC1)Nc1ccc(C(F)(F)F)cc1. The van der Waals surface area contributed by atoms with Gasteiger partial charge in [-0.2, -0.15) is 13.2 Å². The number of alkyl halides is 3. The van der Waals surface area contributed by atoms with Crippen molar-refractivity contribution in [2.24, 2.45) is 0 Å². The van der Waals surface area contributed by atoms with Gasteiger partial charge in [-0.3, -0.25) is 4.79 Å². The zero-order valence-corrected chi connectivity index (χ0v) is 11.7. The number of hydrogen-bond acceptors (Lipinski definition) is 2. The molecule has 1 amide bonds. The van der Waals surface area contributed by atoms with E-state index in [-0.39, 0.29) is 5.91 Å². The molecule has 1 aliphatic rings. The van der Waals surface area contributed by atoms with Crippen molar-refractivity contribution in [1.29, 1.82) is 0 Å². The second kappa shape index (κ2) is 6.93. The monoisotopic (exact) mass is 300 g/mol. The molecule has 0 radical (unpaired) electrons. The molecule has 3 nitrogen and oxygen atoms in total. The molecule has 0 spiro atoms. The van der Waals surface area contributed by atoms with Gasteiger partial charge >= 0.3 is 6.18 Å². The van der Waals surface area contributed by atoms with Gasteiger partial charge in [-0.05, 0) is 50.2 Å². The molecule has 1 aromatic rings. The van der Waals surface area contributed by atoms with Gasteiger partial charge in [0.25, 0.3) is 0 Å². The second-order valence-electron chi connectivity index (χ2n) is 5.28. The Morgan fingerprint density at radius 2 is 1.71 bits per heavy atom. The summed E-state index contributed by atoms with van der Waals surface area (Å²) in [4.78, 5) is 14.0. The summed E-state index contributed by atoms with van der Waals surface area (Å²) in [5.41, 5.74) is -0.319. The molecule has 1 fully saturated rings. The molecule has 116 valence electrons. The Bertz CT molecular complexity index is 465. The highest BCUT2D eigenvalue weighted by atomic mass is 19.4. The lowest BCUT2D eigenvalue weighted by atomic mass is 10.1. The molecule has 1 N–H and O–H groups in total. The summed E-state index contributed by atoms with van der Waals surface area (Å²) in [6.45, 7) is 2.74. The lowest BCUT2D eigenvalue weighted by Crippen LogP contribution is -2.32. The molecule has 2 rings (SSSR count). The molecular weight excluding hydrogens is 281 g/mol. The molecule has 0 unspecified atom stereocenters. The third-order valence-corrected chi connectivity index (χ3v) is 3.60. The molecule has 0 saturated carbocycles. The van der Waals surface area contributed by atoms with Crippen molar-refractivity contribution >= 4 is 11.6 Å². The zero-order chi connectivity index (χ0) is 15.3. The predicted molar refractivity (Wildman–Crippen MR) is 75.0 cm³/mol. The summed E-state index contributed by atoms with van der Waals surface area (Å²) >= 11 is 0. The highest BCUT2D eigenvalue weighted by Gasteiger charge is 2.29. The maximum Gasteiger partial charge on any atom is 0.416 e. The van der Waals surface area contributed by atoms with E-state index in [1.54, 1.807) is 0 Å². The first-order chi connectivity index (χ1) is 9.95.